The maximum Gasteiger partial charge on any atom is 0.197 e. The fraction of sp³-hybridized carbons (Fsp3) is 0.333. The maximum atomic E-state index is 5.41. The van der Waals surface area contributed by atoms with Crippen molar-refractivity contribution in [3.63, 3.8) is 0 Å². The van der Waals surface area contributed by atoms with Gasteiger partial charge in [-0.05, 0) is 56.5 Å². The summed E-state index contributed by atoms with van der Waals surface area (Å²) in [7, 11) is 1.98. The van der Waals surface area contributed by atoms with Gasteiger partial charge in [-0.25, -0.2) is 9.97 Å². The molecule has 0 aliphatic heterocycles. The third-order valence-corrected chi connectivity index (χ3v) is 6.98. The molecular formula is C18H17N5OS2. The van der Waals surface area contributed by atoms with E-state index in [4.69, 9.17) is 9.40 Å². The molecule has 0 N–H and O–H groups in total. The normalized spacial score (nSPS) is 13.7. The Hall–Kier alpha value is -2.19. The largest absolute Gasteiger partial charge is 0.469 e. The lowest BCUT2D eigenvalue weighted by Gasteiger charge is -2.06. The lowest BCUT2D eigenvalue weighted by molar-refractivity contribution is 0.534. The summed E-state index contributed by atoms with van der Waals surface area (Å²) >= 11 is 3.38. The lowest BCUT2D eigenvalue weighted by atomic mass is 10.2. The van der Waals surface area contributed by atoms with Crippen LogP contribution in [0.5, 0.6) is 0 Å². The average molecular weight is 384 g/mol. The number of aromatic nitrogens is 5. The number of hydrogen-bond donors (Lipinski definition) is 0. The smallest absolute Gasteiger partial charge is 0.197 e. The van der Waals surface area contributed by atoms with Gasteiger partial charge in [0.25, 0.3) is 0 Å². The van der Waals surface area contributed by atoms with Crippen LogP contribution in [-0.2, 0) is 19.9 Å². The van der Waals surface area contributed by atoms with E-state index in [9.17, 15) is 0 Å². The minimum atomic E-state index is 0.799. The molecule has 4 aromatic heterocycles. The molecule has 0 atom stereocenters. The summed E-state index contributed by atoms with van der Waals surface area (Å²) in [6, 6.07) is 1.92. The van der Waals surface area contributed by atoms with Crippen LogP contribution >= 0.6 is 23.1 Å². The number of furan rings is 1. The standard InChI is InChI=1S/C18H17N5OS2/c1-9-11(7-8-24-9)15-21-22-18(23(15)3)26-17-14-12-5-4-6-13(12)25-16(14)19-10(2)20-17/h7-8H,4-6H2,1-3H3. The van der Waals surface area contributed by atoms with E-state index in [1.54, 1.807) is 18.0 Å². The van der Waals surface area contributed by atoms with Crippen molar-refractivity contribution in [1.29, 1.82) is 0 Å². The van der Waals surface area contributed by atoms with Crippen molar-refractivity contribution in [1.82, 2.24) is 24.7 Å². The Labute approximate surface area is 158 Å². The van der Waals surface area contributed by atoms with Gasteiger partial charge in [0.05, 0.1) is 11.8 Å². The molecule has 1 aliphatic rings. The molecule has 0 saturated carbocycles. The van der Waals surface area contributed by atoms with Crippen LogP contribution in [0.4, 0.5) is 0 Å². The first-order chi connectivity index (χ1) is 12.6. The monoisotopic (exact) mass is 383 g/mol. The Balaban J connectivity index is 1.61. The van der Waals surface area contributed by atoms with Crippen molar-refractivity contribution in [2.75, 3.05) is 0 Å². The molecule has 0 radical (unpaired) electrons. The first-order valence-electron chi connectivity index (χ1n) is 8.52. The van der Waals surface area contributed by atoms with Crippen LogP contribution < -0.4 is 0 Å². The van der Waals surface area contributed by atoms with Crippen LogP contribution in [0.3, 0.4) is 0 Å². The molecule has 0 aromatic carbocycles. The topological polar surface area (TPSA) is 69.6 Å². The summed E-state index contributed by atoms with van der Waals surface area (Å²) in [5.74, 6) is 2.44. The van der Waals surface area contributed by atoms with Crippen LogP contribution in [-0.4, -0.2) is 24.7 Å². The van der Waals surface area contributed by atoms with Crippen molar-refractivity contribution in [3.05, 3.63) is 34.4 Å². The Bertz CT molecular complexity index is 1140. The lowest BCUT2D eigenvalue weighted by Crippen LogP contribution is -1.97. The number of hydrogen-bond acceptors (Lipinski definition) is 7. The van der Waals surface area contributed by atoms with E-state index in [2.05, 4.69) is 15.2 Å². The van der Waals surface area contributed by atoms with Gasteiger partial charge in [-0.1, -0.05) is 0 Å². The molecule has 5 rings (SSSR count). The third-order valence-electron chi connectivity index (χ3n) is 4.77. The van der Waals surface area contributed by atoms with E-state index >= 15 is 0 Å². The highest BCUT2D eigenvalue weighted by atomic mass is 32.2. The van der Waals surface area contributed by atoms with Gasteiger partial charge in [0.1, 0.15) is 21.4 Å². The van der Waals surface area contributed by atoms with E-state index < -0.39 is 0 Å². The second-order valence-electron chi connectivity index (χ2n) is 6.47. The number of rotatable bonds is 3. The van der Waals surface area contributed by atoms with Gasteiger partial charge in [0, 0.05) is 17.3 Å². The zero-order chi connectivity index (χ0) is 17.8. The highest BCUT2D eigenvalue weighted by molar-refractivity contribution is 7.99. The summed E-state index contributed by atoms with van der Waals surface area (Å²) in [6.45, 7) is 3.88. The Morgan fingerprint density at radius 1 is 1.19 bits per heavy atom. The third kappa shape index (κ3) is 2.39. The predicted molar refractivity (Wildman–Crippen MR) is 102 cm³/mol. The molecule has 0 unspecified atom stereocenters. The van der Waals surface area contributed by atoms with Gasteiger partial charge in [0.2, 0.25) is 0 Å². The fourth-order valence-corrected chi connectivity index (χ4v) is 5.83. The van der Waals surface area contributed by atoms with Gasteiger partial charge in [-0.2, -0.15) is 0 Å². The van der Waals surface area contributed by atoms with Gasteiger partial charge >= 0.3 is 0 Å². The first-order valence-corrected chi connectivity index (χ1v) is 10.2. The minimum absolute atomic E-state index is 0.799. The maximum absolute atomic E-state index is 5.41. The van der Waals surface area contributed by atoms with Crippen molar-refractivity contribution in [3.8, 4) is 11.4 Å². The minimum Gasteiger partial charge on any atom is -0.469 e. The van der Waals surface area contributed by atoms with Crippen molar-refractivity contribution >= 4 is 33.3 Å². The van der Waals surface area contributed by atoms with E-state index in [-0.39, 0.29) is 0 Å². The molecule has 4 heterocycles. The van der Waals surface area contributed by atoms with Crippen LogP contribution in [0.25, 0.3) is 21.6 Å². The molecule has 0 amide bonds. The second-order valence-corrected chi connectivity index (χ2v) is 8.51. The Morgan fingerprint density at radius 2 is 2.08 bits per heavy atom. The van der Waals surface area contributed by atoms with Crippen LogP contribution in [0.15, 0.2) is 26.9 Å². The molecule has 132 valence electrons. The number of thiophene rings is 1. The van der Waals surface area contributed by atoms with E-state index in [1.165, 1.54) is 22.2 Å². The van der Waals surface area contributed by atoms with E-state index in [0.29, 0.717) is 0 Å². The van der Waals surface area contributed by atoms with Crippen molar-refractivity contribution < 1.29 is 4.42 Å². The molecule has 8 heteroatoms. The molecule has 0 spiro atoms. The SMILES string of the molecule is Cc1nc(Sc2nnc(-c3ccoc3C)n2C)c2c3c(sc2n1)CCC3. The predicted octanol–water partition coefficient (Wildman–Crippen LogP) is 4.34. The van der Waals surface area contributed by atoms with E-state index in [0.717, 1.165) is 50.8 Å². The summed E-state index contributed by atoms with van der Waals surface area (Å²) in [5.41, 5.74) is 2.40. The molecule has 0 bridgehead atoms. The molecule has 4 aromatic rings. The number of fused-ring (bicyclic) bond motifs is 3. The van der Waals surface area contributed by atoms with Crippen LogP contribution in [0, 0.1) is 13.8 Å². The van der Waals surface area contributed by atoms with Crippen molar-refractivity contribution in [2.45, 2.75) is 43.3 Å². The van der Waals surface area contributed by atoms with Crippen molar-refractivity contribution in [2.24, 2.45) is 7.05 Å². The summed E-state index contributed by atoms with van der Waals surface area (Å²) in [6.07, 6.45) is 5.18. The molecule has 1 aliphatic carbocycles. The summed E-state index contributed by atoms with van der Waals surface area (Å²) in [5, 5.41) is 11.8. The van der Waals surface area contributed by atoms with Gasteiger partial charge in [-0.3, -0.25) is 0 Å². The summed E-state index contributed by atoms with van der Waals surface area (Å²) < 4.78 is 7.41. The Kier molecular flexibility index (Phi) is 3.65. The first kappa shape index (κ1) is 16.0. The second kappa shape index (κ2) is 5.92. The molecule has 0 saturated heterocycles. The van der Waals surface area contributed by atoms with Gasteiger partial charge in [0.15, 0.2) is 11.0 Å². The highest BCUT2D eigenvalue weighted by Gasteiger charge is 2.24. The Morgan fingerprint density at radius 3 is 2.88 bits per heavy atom. The quantitative estimate of drug-likeness (QED) is 0.490. The molecule has 6 nitrogen and oxygen atoms in total. The number of aryl methyl sites for hydroxylation is 4. The zero-order valence-corrected chi connectivity index (χ0v) is 16.4. The fourth-order valence-electron chi connectivity index (χ4n) is 3.48. The molecule has 0 fully saturated rings. The summed E-state index contributed by atoms with van der Waals surface area (Å²) in [4.78, 5) is 12.0. The molecule has 26 heavy (non-hydrogen) atoms. The van der Waals surface area contributed by atoms with Gasteiger partial charge < -0.3 is 8.98 Å². The zero-order valence-electron chi connectivity index (χ0n) is 14.7. The van der Waals surface area contributed by atoms with E-state index in [1.807, 2.05) is 42.9 Å². The van der Waals surface area contributed by atoms with Gasteiger partial charge in [-0.15, -0.1) is 21.5 Å². The number of nitrogens with zero attached hydrogens (tertiary/aromatic N) is 5. The van der Waals surface area contributed by atoms with Crippen LogP contribution in [0.1, 0.15) is 28.4 Å². The van der Waals surface area contributed by atoms with Crippen LogP contribution in [0.2, 0.25) is 0 Å². The molecular weight excluding hydrogens is 366 g/mol. The highest BCUT2D eigenvalue weighted by Crippen LogP contribution is 2.42. The average Bonchev–Trinajstić information content (AvgIpc) is 3.34.